The van der Waals surface area contributed by atoms with Crippen LogP contribution < -0.4 is 4.74 Å². The molecule has 0 unspecified atom stereocenters. The molecule has 0 N–H and O–H groups in total. The molecule has 0 heterocycles. The molecule has 1 aromatic rings. The van der Waals surface area contributed by atoms with Crippen LogP contribution in [0.5, 0.6) is 5.75 Å². The minimum Gasteiger partial charge on any atom is -0.482 e. The number of hydrogen-bond donors (Lipinski definition) is 0. The lowest BCUT2D eigenvalue weighted by Crippen LogP contribution is -2.27. The molecule has 0 spiro atoms. The Morgan fingerprint density at radius 2 is 2.11 bits per heavy atom. The second-order valence-electron chi connectivity index (χ2n) is 4.86. The molecule has 0 aliphatic heterocycles. The molecule has 0 saturated carbocycles. The van der Waals surface area contributed by atoms with Crippen LogP contribution in [0, 0.1) is 11.3 Å². The van der Waals surface area contributed by atoms with Crippen molar-refractivity contribution in [2.75, 3.05) is 6.61 Å². The molecule has 0 radical (unpaired) electrons. The standard InChI is InChI=1S/C14H17NO3/c1-14(2,3)18-13(16)10-17-12-6-4-5-11(9-12)7-8-15/h4-6,9H,7,10H2,1-3H3. The summed E-state index contributed by atoms with van der Waals surface area (Å²) in [5.74, 6) is 0.154. The third kappa shape index (κ3) is 5.35. The third-order valence-electron chi connectivity index (χ3n) is 1.96. The van der Waals surface area contributed by atoms with Crippen LogP contribution in [0.4, 0.5) is 0 Å². The number of benzene rings is 1. The van der Waals surface area contributed by atoms with E-state index < -0.39 is 11.6 Å². The highest BCUT2D eigenvalue weighted by Crippen LogP contribution is 2.14. The Morgan fingerprint density at radius 3 is 2.72 bits per heavy atom. The maximum Gasteiger partial charge on any atom is 0.344 e. The Kier molecular flexibility index (Phi) is 4.73. The van der Waals surface area contributed by atoms with Gasteiger partial charge in [0.05, 0.1) is 12.5 Å². The predicted octanol–water partition coefficient (Wildman–Crippen LogP) is 2.47. The molecule has 4 nitrogen and oxygen atoms in total. The van der Waals surface area contributed by atoms with Gasteiger partial charge in [0, 0.05) is 0 Å². The summed E-state index contributed by atoms with van der Waals surface area (Å²) in [5.41, 5.74) is 0.350. The lowest BCUT2D eigenvalue weighted by molar-refractivity contribution is -0.157. The van der Waals surface area contributed by atoms with E-state index in [0.717, 1.165) is 5.56 Å². The highest BCUT2D eigenvalue weighted by atomic mass is 16.6. The van der Waals surface area contributed by atoms with Gasteiger partial charge in [0.15, 0.2) is 6.61 Å². The number of hydrogen-bond acceptors (Lipinski definition) is 4. The Morgan fingerprint density at radius 1 is 1.39 bits per heavy atom. The zero-order valence-corrected chi connectivity index (χ0v) is 10.9. The quantitative estimate of drug-likeness (QED) is 0.767. The van der Waals surface area contributed by atoms with Crippen molar-refractivity contribution >= 4 is 5.97 Å². The number of ether oxygens (including phenoxy) is 2. The van der Waals surface area contributed by atoms with Gasteiger partial charge in [0.25, 0.3) is 0 Å². The van der Waals surface area contributed by atoms with Crippen LogP contribution in [0.15, 0.2) is 24.3 Å². The average molecular weight is 247 g/mol. The van der Waals surface area contributed by atoms with Crippen molar-refractivity contribution in [1.29, 1.82) is 5.26 Å². The third-order valence-corrected chi connectivity index (χ3v) is 1.96. The van der Waals surface area contributed by atoms with E-state index in [-0.39, 0.29) is 6.61 Å². The van der Waals surface area contributed by atoms with E-state index >= 15 is 0 Å². The van der Waals surface area contributed by atoms with Crippen LogP contribution >= 0.6 is 0 Å². The van der Waals surface area contributed by atoms with Gasteiger partial charge < -0.3 is 9.47 Å². The number of nitriles is 1. The Balaban J connectivity index is 2.51. The van der Waals surface area contributed by atoms with Gasteiger partial charge >= 0.3 is 5.97 Å². The summed E-state index contributed by atoms with van der Waals surface area (Å²) in [6, 6.07) is 9.17. The fraction of sp³-hybridized carbons (Fsp3) is 0.429. The van der Waals surface area contributed by atoms with Crippen LogP contribution in [-0.2, 0) is 16.0 Å². The van der Waals surface area contributed by atoms with Crippen molar-refractivity contribution in [3.05, 3.63) is 29.8 Å². The van der Waals surface area contributed by atoms with Crippen molar-refractivity contribution in [3.8, 4) is 11.8 Å². The molecule has 1 aromatic carbocycles. The average Bonchev–Trinajstić information content (AvgIpc) is 2.25. The van der Waals surface area contributed by atoms with Gasteiger partial charge in [0.2, 0.25) is 0 Å². The molecule has 0 aliphatic carbocycles. The van der Waals surface area contributed by atoms with Gasteiger partial charge in [-0.15, -0.1) is 0 Å². The molecule has 0 aromatic heterocycles. The molecule has 1 rings (SSSR count). The summed E-state index contributed by atoms with van der Waals surface area (Å²) in [7, 11) is 0. The molecule has 0 bridgehead atoms. The van der Waals surface area contributed by atoms with Crippen LogP contribution in [0.1, 0.15) is 26.3 Å². The fourth-order valence-electron chi connectivity index (χ4n) is 1.35. The SMILES string of the molecule is CC(C)(C)OC(=O)COc1cccc(CC#N)c1. The van der Waals surface area contributed by atoms with E-state index in [1.165, 1.54) is 0 Å². The largest absolute Gasteiger partial charge is 0.482 e. The summed E-state index contributed by atoms with van der Waals surface area (Å²) >= 11 is 0. The summed E-state index contributed by atoms with van der Waals surface area (Å²) < 4.78 is 10.4. The van der Waals surface area contributed by atoms with Crippen LogP contribution in [0.25, 0.3) is 0 Å². The first kappa shape index (κ1) is 14.0. The van der Waals surface area contributed by atoms with E-state index in [2.05, 4.69) is 6.07 Å². The summed E-state index contributed by atoms with van der Waals surface area (Å²) in [5, 5.41) is 8.59. The topological polar surface area (TPSA) is 59.3 Å². The van der Waals surface area contributed by atoms with Gasteiger partial charge in [-0.05, 0) is 38.5 Å². The lowest BCUT2D eigenvalue weighted by Gasteiger charge is -2.19. The Hall–Kier alpha value is -2.02. The number of nitrogens with zero attached hydrogens (tertiary/aromatic N) is 1. The smallest absolute Gasteiger partial charge is 0.344 e. The molecule has 0 fully saturated rings. The van der Waals surface area contributed by atoms with E-state index in [9.17, 15) is 4.79 Å². The molecular formula is C14H17NO3. The summed E-state index contributed by atoms with van der Waals surface area (Å²) in [6.07, 6.45) is 0.323. The second kappa shape index (κ2) is 6.06. The van der Waals surface area contributed by atoms with Gasteiger partial charge in [-0.2, -0.15) is 5.26 Å². The van der Waals surface area contributed by atoms with Crippen LogP contribution in [0.3, 0.4) is 0 Å². The number of carbonyl (C=O) groups is 1. The van der Waals surface area contributed by atoms with Gasteiger partial charge in [-0.25, -0.2) is 4.79 Å². The zero-order chi connectivity index (χ0) is 13.6. The maximum atomic E-state index is 11.4. The number of rotatable bonds is 4. The first-order valence-corrected chi connectivity index (χ1v) is 5.71. The van der Waals surface area contributed by atoms with Crippen LogP contribution in [0.2, 0.25) is 0 Å². The van der Waals surface area contributed by atoms with Crippen LogP contribution in [-0.4, -0.2) is 18.2 Å². The highest BCUT2D eigenvalue weighted by molar-refractivity contribution is 5.71. The normalized spacial score (nSPS) is 10.6. The first-order valence-electron chi connectivity index (χ1n) is 5.71. The van der Waals surface area contributed by atoms with Gasteiger partial charge in [0.1, 0.15) is 11.4 Å². The molecule has 96 valence electrons. The summed E-state index contributed by atoms with van der Waals surface area (Å²) in [4.78, 5) is 11.4. The monoisotopic (exact) mass is 247 g/mol. The lowest BCUT2D eigenvalue weighted by atomic mass is 10.1. The van der Waals surface area contributed by atoms with Crippen molar-refractivity contribution in [1.82, 2.24) is 0 Å². The summed E-state index contributed by atoms with van der Waals surface area (Å²) in [6.45, 7) is 5.28. The second-order valence-corrected chi connectivity index (χ2v) is 4.86. The first-order chi connectivity index (χ1) is 8.40. The van der Waals surface area contributed by atoms with E-state index in [1.807, 2.05) is 6.07 Å². The van der Waals surface area contributed by atoms with E-state index in [1.54, 1.807) is 39.0 Å². The Bertz CT molecular complexity index is 455. The van der Waals surface area contributed by atoms with Gasteiger partial charge in [-0.1, -0.05) is 12.1 Å². The molecule has 18 heavy (non-hydrogen) atoms. The molecular weight excluding hydrogens is 230 g/mol. The molecule has 0 aliphatic rings. The maximum absolute atomic E-state index is 11.4. The van der Waals surface area contributed by atoms with Crippen molar-refractivity contribution in [2.45, 2.75) is 32.8 Å². The molecule has 4 heteroatoms. The zero-order valence-electron chi connectivity index (χ0n) is 10.9. The number of esters is 1. The molecule has 0 atom stereocenters. The van der Waals surface area contributed by atoms with E-state index in [4.69, 9.17) is 14.7 Å². The molecule has 0 saturated heterocycles. The number of carbonyl (C=O) groups excluding carboxylic acids is 1. The fourth-order valence-corrected chi connectivity index (χ4v) is 1.35. The van der Waals surface area contributed by atoms with Crippen molar-refractivity contribution in [3.63, 3.8) is 0 Å². The predicted molar refractivity (Wildman–Crippen MR) is 67.1 cm³/mol. The molecule has 0 amide bonds. The van der Waals surface area contributed by atoms with Gasteiger partial charge in [-0.3, -0.25) is 0 Å². The Labute approximate surface area is 107 Å². The van der Waals surface area contributed by atoms with Crippen molar-refractivity contribution in [2.24, 2.45) is 0 Å². The minimum atomic E-state index is -0.511. The van der Waals surface area contributed by atoms with E-state index in [0.29, 0.717) is 12.2 Å². The van der Waals surface area contributed by atoms with Crippen molar-refractivity contribution < 1.29 is 14.3 Å². The highest BCUT2D eigenvalue weighted by Gasteiger charge is 2.16. The minimum absolute atomic E-state index is 0.132.